The molecule has 1 fully saturated rings. The van der Waals surface area contributed by atoms with Crippen LogP contribution >= 0.6 is 0 Å². The van der Waals surface area contributed by atoms with Gasteiger partial charge < -0.3 is 23.7 Å². The Morgan fingerprint density at radius 3 is 2.73 bits per heavy atom. The van der Waals surface area contributed by atoms with Crippen molar-refractivity contribution in [3.8, 4) is 0 Å². The molecule has 0 N–H and O–H groups in total. The fourth-order valence-corrected chi connectivity index (χ4v) is 2.18. The molecule has 122 valence electrons. The smallest absolute Gasteiger partial charge is 0.378 e. The van der Waals surface area contributed by atoms with E-state index in [-0.39, 0.29) is 24.7 Å². The van der Waals surface area contributed by atoms with Crippen molar-refractivity contribution in [2.24, 2.45) is 0 Å². The van der Waals surface area contributed by atoms with Crippen LogP contribution in [0.2, 0.25) is 0 Å². The summed E-state index contributed by atoms with van der Waals surface area (Å²) in [7, 11) is 0. The molecule has 2 atom stereocenters. The van der Waals surface area contributed by atoms with Gasteiger partial charge in [0.15, 0.2) is 11.9 Å². The van der Waals surface area contributed by atoms with Crippen LogP contribution in [0.15, 0.2) is 23.7 Å². The summed E-state index contributed by atoms with van der Waals surface area (Å²) in [6.07, 6.45) is 2.08. The van der Waals surface area contributed by atoms with Gasteiger partial charge in [0.2, 0.25) is 11.5 Å². The van der Waals surface area contributed by atoms with Gasteiger partial charge in [-0.2, -0.15) is 0 Å². The van der Waals surface area contributed by atoms with Crippen LogP contribution in [0.4, 0.5) is 0 Å². The Hall–Kier alpha value is -1.86. The van der Waals surface area contributed by atoms with E-state index in [1.165, 1.54) is 6.92 Å². The number of allylic oxidation sites excluding steroid dienone is 1. The number of hydrogen-bond acceptors (Lipinski definition) is 7. The Morgan fingerprint density at radius 2 is 2.18 bits per heavy atom. The number of esters is 2. The van der Waals surface area contributed by atoms with E-state index in [0.29, 0.717) is 0 Å². The third-order valence-electron chi connectivity index (χ3n) is 3.08. The number of carbonyl (C=O) groups excluding carboxylic acids is 2. The summed E-state index contributed by atoms with van der Waals surface area (Å²) in [6, 6.07) is 0. The first-order chi connectivity index (χ1) is 10.3. The summed E-state index contributed by atoms with van der Waals surface area (Å²) in [5, 5.41) is 0. The molecule has 0 aromatic carbocycles. The molecule has 0 aromatic heterocycles. The fraction of sp³-hybridized carbons (Fsp3) is 0.600. The van der Waals surface area contributed by atoms with Gasteiger partial charge in [0.05, 0.1) is 6.61 Å². The zero-order valence-electron chi connectivity index (χ0n) is 13.1. The largest absolute Gasteiger partial charge is 0.480 e. The van der Waals surface area contributed by atoms with Gasteiger partial charge in [0, 0.05) is 6.92 Å². The second-order valence-corrected chi connectivity index (χ2v) is 5.36. The molecule has 7 heteroatoms. The zero-order chi connectivity index (χ0) is 16.3. The van der Waals surface area contributed by atoms with Crippen LogP contribution in [0.25, 0.3) is 0 Å². The van der Waals surface area contributed by atoms with Crippen molar-refractivity contribution in [1.82, 2.24) is 0 Å². The first-order valence-electron chi connectivity index (χ1n) is 7.03. The fourth-order valence-electron chi connectivity index (χ4n) is 2.18. The molecule has 2 aliphatic rings. The van der Waals surface area contributed by atoms with Crippen LogP contribution in [0.1, 0.15) is 27.7 Å². The standard InChI is InChI=1S/C15H20O7/c1-5-6-7-18-13-12(20-9(2)16)11(21-14(13)17)10-8-19-15(3,4)22-10/h5-6,10-11H,7-8H2,1-4H3/b6-5+/t10-,11+/m0/s1. The van der Waals surface area contributed by atoms with Crippen LogP contribution in [0.3, 0.4) is 0 Å². The molecule has 2 aliphatic heterocycles. The lowest BCUT2D eigenvalue weighted by atomic mass is 10.2. The average molecular weight is 312 g/mol. The summed E-state index contributed by atoms with van der Waals surface area (Å²) < 4.78 is 26.9. The maximum absolute atomic E-state index is 12.0. The monoisotopic (exact) mass is 312 g/mol. The molecule has 0 aliphatic carbocycles. The van der Waals surface area contributed by atoms with Crippen LogP contribution < -0.4 is 0 Å². The molecule has 0 spiro atoms. The van der Waals surface area contributed by atoms with Crippen LogP contribution in [0.5, 0.6) is 0 Å². The van der Waals surface area contributed by atoms with Gasteiger partial charge in [-0.05, 0) is 20.8 Å². The predicted molar refractivity (Wildman–Crippen MR) is 74.3 cm³/mol. The molecule has 2 rings (SSSR count). The summed E-state index contributed by atoms with van der Waals surface area (Å²) >= 11 is 0. The second-order valence-electron chi connectivity index (χ2n) is 5.36. The normalized spacial score (nSPS) is 27.4. The Morgan fingerprint density at radius 1 is 1.45 bits per heavy atom. The Balaban J connectivity index is 2.22. The lowest BCUT2D eigenvalue weighted by Gasteiger charge is -2.21. The van der Waals surface area contributed by atoms with Crippen LogP contribution in [-0.4, -0.2) is 43.1 Å². The molecule has 0 aromatic rings. The minimum absolute atomic E-state index is 0.0355. The SMILES string of the molecule is C/C=C/COC1=C(OC(C)=O)[C@@H]([C@@H]2COC(C)(C)O2)OC1=O. The third-order valence-corrected chi connectivity index (χ3v) is 3.08. The van der Waals surface area contributed by atoms with Gasteiger partial charge in [-0.3, -0.25) is 4.79 Å². The van der Waals surface area contributed by atoms with E-state index < -0.39 is 29.9 Å². The van der Waals surface area contributed by atoms with Crippen LogP contribution in [0, 0.1) is 0 Å². The number of carbonyl (C=O) groups is 2. The van der Waals surface area contributed by atoms with E-state index in [0.717, 1.165) is 0 Å². The molecule has 0 radical (unpaired) electrons. The molecule has 2 heterocycles. The number of rotatable bonds is 5. The van der Waals surface area contributed by atoms with Crippen molar-refractivity contribution in [3.63, 3.8) is 0 Å². The van der Waals surface area contributed by atoms with Crippen molar-refractivity contribution >= 4 is 11.9 Å². The number of hydrogen-bond donors (Lipinski definition) is 0. The van der Waals surface area contributed by atoms with Gasteiger partial charge in [0.1, 0.15) is 12.7 Å². The van der Waals surface area contributed by atoms with E-state index in [4.69, 9.17) is 23.7 Å². The van der Waals surface area contributed by atoms with Gasteiger partial charge in [-0.15, -0.1) is 0 Å². The van der Waals surface area contributed by atoms with Crippen molar-refractivity contribution in [1.29, 1.82) is 0 Å². The molecular weight excluding hydrogens is 292 g/mol. The third kappa shape index (κ3) is 3.66. The van der Waals surface area contributed by atoms with E-state index >= 15 is 0 Å². The second kappa shape index (κ2) is 6.50. The summed E-state index contributed by atoms with van der Waals surface area (Å²) in [5.41, 5.74) is 0. The minimum Gasteiger partial charge on any atom is -0.480 e. The van der Waals surface area contributed by atoms with E-state index in [9.17, 15) is 9.59 Å². The highest BCUT2D eigenvalue weighted by atomic mass is 16.8. The van der Waals surface area contributed by atoms with E-state index in [2.05, 4.69) is 0 Å². The van der Waals surface area contributed by atoms with Crippen molar-refractivity contribution in [2.45, 2.75) is 45.7 Å². The molecule has 7 nitrogen and oxygen atoms in total. The van der Waals surface area contributed by atoms with E-state index in [1.807, 2.05) is 6.92 Å². The Labute approximate surface area is 128 Å². The topological polar surface area (TPSA) is 80.3 Å². The molecule has 0 amide bonds. The average Bonchev–Trinajstić information content (AvgIpc) is 2.92. The Bertz CT molecular complexity index is 518. The Kier molecular flexibility index (Phi) is 4.87. The summed E-state index contributed by atoms with van der Waals surface area (Å²) in [6.45, 7) is 6.97. The first-order valence-corrected chi connectivity index (χ1v) is 7.03. The maximum atomic E-state index is 12.0. The van der Waals surface area contributed by atoms with Crippen molar-refractivity contribution in [2.75, 3.05) is 13.2 Å². The minimum atomic E-state index is -0.862. The molecule has 0 unspecified atom stereocenters. The number of ether oxygens (including phenoxy) is 5. The molecular formula is C15H20O7. The summed E-state index contributed by atoms with van der Waals surface area (Å²) in [4.78, 5) is 23.3. The molecule has 0 saturated carbocycles. The highest BCUT2D eigenvalue weighted by molar-refractivity contribution is 5.90. The van der Waals surface area contributed by atoms with Crippen LogP contribution in [-0.2, 0) is 33.3 Å². The molecule has 22 heavy (non-hydrogen) atoms. The van der Waals surface area contributed by atoms with Gasteiger partial charge in [-0.25, -0.2) is 4.79 Å². The van der Waals surface area contributed by atoms with Crippen molar-refractivity contribution in [3.05, 3.63) is 23.7 Å². The highest BCUT2D eigenvalue weighted by Gasteiger charge is 2.48. The van der Waals surface area contributed by atoms with Gasteiger partial charge in [-0.1, -0.05) is 12.2 Å². The zero-order valence-corrected chi connectivity index (χ0v) is 13.1. The molecule has 0 bridgehead atoms. The van der Waals surface area contributed by atoms with Gasteiger partial charge in [0.25, 0.3) is 0 Å². The lowest BCUT2D eigenvalue weighted by Crippen LogP contribution is -2.33. The quantitative estimate of drug-likeness (QED) is 0.561. The van der Waals surface area contributed by atoms with Crippen molar-refractivity contribution < 1.29 is 33.3 Å². The first kappa shape index (κ1) is 16.5. The lowest BCUT2D eigenvalue weighted by molar-refractivity contribution is -0.165. The van der Waals surface area contributed by atoms with E-state index in [1.54, 1.807) is 26.0 Å². The summed E-state index contributed by atoms with van der Waals surface area (Å²) in [5.74, 6) is -2.10. The maximum Gasteiger partial charge on any atom is 0.378 e. The predicted octanol–water partition coefficient (Wildman–Crippen LogP) is 1.43. The molecule has 1 saturated heterocycles. The number of cyclic esters (lactones) is 1. The highest BCUT2D eigenvalue weighted by Crippen LogP contribution is 2.34. The van der Waals surface area contributed by atoms with Gasteiger partial charge >= 0.3 is 11.9 Å².